The van der Waals surface area contributed by atoms with E-state index in [9.17, 15) is 33.9 Å². The van der Waals surface area contributed by atoms with Crippen molar-refractivity contribution < 1.29 is 42.9 Å². The summed E-state index contributed by atoms with van der Waals surface area (Å²) in [6.07, 6.45) is 1.56. The molecule has 0 aliphatic carbocycles. The number of aromatic carboxylic acids is 1. The van der Waals surface area contributed by atoms with Crippen LogP contribution in [0.5, 0.6) is 0 Å². The van der Waals surface area contributed by atoms with Crippen LogP contribution in [0.2, 0.25) is 0 Å². The van der Waals surface area contributed by atoms with Gasteiger partial charge in [0, 0.05) is 56.4 Å². The average Bonchev–Trinajstić information content (AvgIpc) is 3.30. The number of pyridine rings is 1. The third kappa shape index (κ3) is 12.2. The highest BCUT2D eigenvalue weighted by Gasteiger charge is 2.29. The van der Waals surface area contributed by atoms with Crippen molar-refractivity contribution in [2.75, 3.05) is 42.9 Å². The van der Waals surface area contributed by atoms with Crippen LogP contribution in [0.25, 0.3) is 10.9 Å². The Balaban J connectivity index is 1.02. The molecule has 0 radical (unpaired) electrons. The van der Waals surface area contributed by atoms with E-state index in [1.807, 2.05) is 60.7 Å². The number of piperazine rings is 1. The van der Waals surface area contributed by atoms with Gasteiger partial charge in [-0.15, -0.1) is 0 Å². The normalized spacial score (nSPS) is 13.4. The number of aryl methyl sites for hydroxylation is 1. The Bertz CT molecular complexity index is 2480. The molecule has 4 amide bonds. The maximum absolute atomic E-state index is 15.4. The number of hydrogen-bond acceptors (Lipinski definition) is 10. The van der Waals surface area contributed by atoms with Crippen molar-refractivity contribution in [2.24, 2.45) is 5.73 Å². The number of carboxylic acids is 1. The first-order valence-corrected chi connectivity index (χ1v) is 21.1. The van der Waals surface area contributed by atoms with Gasteiger partial charge in [-0.25, -0.2) is 18.8 Å². The summed E-state index contributed by atoms with van der Waals surface area (Å²) in [7, 11) is 0. The van der Waals surface area contributed by atoms with Crippen molar-refractivity contribution >= 4 is 52.2 Å². The first kappa shape index (κ1) is 46.2. The van der Waals surface area contributed by atoms with Crippen LogP contribution in [0.1, 0.15) is 53.2 Å². The number of carbonyl (C=O) groups excluding carboxylic acids is 4. The van der Waals surface area contributed by atoms with E-state index in [0.29, 0.717) is 49.1 Å². The molecule has 16 nitrogen and oxygen atoms in total. The van der Waals surface area contributed by atoms with Crippen LogP contribution in [-0.2, 0) is 45.2 Å². The van der Waals surface area contributed by atoms with Gasteiger partial charge in [0.25, 0.3) is 0 Å². The number of rotatable bonds is 18. The van der Waals surface area contributed by atoms with Crippen molar-refractivity contribution in [3.05, 3.63) is 142 Å². The molecule has 1 aromatic heterocycles. The van der Waals surface area contributed by atoms with Crippen molar-refractivity contribution in [3.63, 3.8) is 0 Å². The lowest BCUT2D eigenvalue weighted by atomic mass is 10.0. The van der Waals surface area contributed by atoms with E-state index in [4.69, 9.17) is 15.2 Å². The Morgan fingerprint density at radius 3 is 2.06 bits per heavy atom. The Morgan fingerprint density at radius 1 is 0.781 bits per heavy atom. The number of amides is 4. The smallest absolute Gasteiger partial charge is 0.410 e. The van der Waals surface area contributed by atoms with Crippen molar-refractivity contribution in [1.82, 2.24) is 20.1 Å². The summed E-state index contributed by atoms with van der Waals surface area (Å²) in [5.74, 6) is -3.08. The van der Waals surface area contributed by atoms with E-state index >= 15 is 4.39 Å². The van der Waals surface area contributed by atoms with E-state index in [0.717, 1.165) is 17.2 Å². The minimum Gasteiger partial charge on any atom is -0.477 e. The number of halogens is 1. The highest BCUT2D eigenvalue weighted by atomic mass is 19.1. The highest BCUT2D eigenvalue weighted by molar-refractivity contribution is 5.98. The summed E-state index contributed by atoms with van der Waals surface area (Å²) < 4.78 is 27.9. The number of unbranched alkanes of at least 4 members (excludes halogenated alkanes) is 1. The van der Waals surface area contributed by atoms with Gasteiger partial charge in [-0.05, 0) is 73.7 Å². The minimum atomic E-state index is -1.38. The standard InChI is InChI=1S/C47H52FN7O9/c1-2-53-28-36(45(59)60)42(56)35-26-37(48)41(27-40(35)53)54-21-23-55(24-22-54)47(62)64-30-33-16-18-34(19-17-33)50-43(57)38(15-9-10-20-49)51-44(58)39(25-31-11-5-3-6-12-31)52-46(61)63-29-32-13-7-4-8-14-32/h3-8,11-14,16-19,26-28,38-39H,2,9-10,15,20-25,29-30,49H2,1H3,(H,50,57)(H,51,58)(H,52,61)(H,59,60)/t38-,39-/m0/s1. The number of benzene rings is 4. The summed E-state index contributed by atoms with van der Waals surface area (Å²) >= 11 is 0. The van der Waals surface area contributed by atoms with Crippen LogP contribution >= 0.6 is 0 Å². The quantitative estimate of drug-likeness (QED) is 0.0703. The van der Waals surface area contributed by atoms with Crippen LogP contribution < -0.4 is 32.0 Å². The van der Waals surface area contributed by atoms with Gasteiger partial charge in [-0.3, -0.25) is 14.4 Å². The van der Waals surface area contributed by atoms with Crippen molar-refractivity contribution in [3.8, 4) is 0 Å². The maximum Gasteiger partial charge on any atom is 0.410 e. The Kier molecular flexibility index (Phi) is 16.0. The van der Waals surface area contributed by atoms with Crippen molar-refractivity contribution in [2.45, 2.75) is 64.4 Å². The molecule has 336 valence electrons. The number of carboxylic acid groups (broad SMARTS) is 1. The van der Waals surface area contributed by atoms with E-state index in [-0.39, 0.29) is 56.9 Å². The third-order valence-corrected chi connectivity index (χ3v) is 10.9. The molecule has 0 saturated carbocycles. The van der Waals surface area contributed by atoms with Crippen LogP contribution in [-0.4, -0.2) is 89.4 Å². The predicted octanol–water partition coefficient (Wildman–Crippen LogP) is 5.41. The van der Waals surface area contributed by atoms with E-state index in [1.165, 1.54) is 17.2 Å². The van der Waals surface area contributed by atoms with Crippen LogP contribution in [0, 0.1) is 5.82 Å². The fraction of sp³-hybridized carbons (Fsp3) is 0.319. The zero-order chi connectivity index (χ0) is 45.6. The number of aromatic nitrogens is 1. The fourth-order valence-electron chi connectivity index (χ4n) is 7.34. The van der Waals surface area contributed by atoms with E-state index in [2.05, 4.69) is 16.0 Å². The van der Waals surface area contributed by atoms with Gasteiger partial charge >= 0.3 is 18.2 Å². The second-order valence-corrected chi connectivity index (χ2v) is 15.3. The van der Waals surface area contributed by atoms with Gasteiger partial charge in [-0.1, -0.05) is 72.8 Å². The van der Waals surface area contributed by atoms with Gasteiger partial charge in [0.15, 0.2) is 0 Å². The first-order valence-electron chi connectivity index (χ1n) is 21.1. The van der Waals surface area contributed by atoms with Gasteiger partial charge < -0.3 is 50.6 Å². The highest BCUT2D eigenvalue weighted by Crippen LogP contribution is 2.27. The number of anilines is 2. The van der Waals surface area contributed by atoms with Gasteiger partial charge in [0.2, 0.25) is 17.2 Å². The van der Waals surface area contributed by atoms with E-state index in [1.54, 1.807) is 40.7 Å². The molecule has 6 rings (SSSR count). The summed E-state index contributed by atoms with van der Waals surface area (Å²) in [4.78, 5) is 81.0. The lowest BCUT2D eigenvalue weighted by Gasteiger charge is -2.35. The number of nitrogens with two attached hydrogens (primary N) is 1. The van der Waals surface area contributed by atoms with E-state index < -0.39 is 58.9 Å². The number of nitrogens with zero attached hydrogens (tertiary/aromatic N) is 3. The largest absolute Gasteiger partial charge is 0.477 e. The summed E-state index contributed by atoms with van der Waals surface area (Å²) in [6, 6.07) is 25.6. The average molecular weight is 878 g/mol. The zero-order valence-electron chi connectivity index (χ0n) is 35.5. The summed E-state index contributed by atoms with van der Waals surface area (Å²) in [5, 5.41) is 17.8. The second-order valence-electron chi connectivity index (χ2n) is 15.3. The molecular formula is C47H52FN7O9. The van der Waals surface area contributed by atoms with Gasteiger partial charge in [0.1, 0.15) is 36.7 Å². The Hall–Kier alpha value is -7.27. The van der Waals surface area contributed by atoms with Gasteiger partial charge in [-0.2, -0.15) is 0 Å². The molecular weight excluding hydrogens is 826 g/mol. The lowest BCUT2D eigenvalue weighted by Crippen LogP contribution is -2.53. The number of hydrogen-bond donors (Lipinski definition) is 5. The maximum atomic E-state index is 15.4. The SMILES string of the molecule is CCn1cc(C(=O)O)c(=O)c2cc(F)c(N3CCN(C(=O)OCc4ccc(NC(=O)[C@H](CCCCN)NC(=O)[C@H](Cc5ccccc5)NC(=O)OCc5ccccc5)cc4)CC3)cc21. The molecule has 5 aromatic rings. The lowest BCUT2D eigenvalue weighted by molar-refractivity contribution is -0.128. The topological polar surface area (TPSA) is 215 Å². The van der Waals surface area contributed by atoms with Crippen LogP contribution in [0.15, 0.2) is 108 Å². The Morgan fingerprint density at radius 2 is 1.42 bits per heavy atom. The molecule has 2 atom stereocenters. The molecule has 64 heavy (non-hydrogen) atoms. The molecule has 1 aliphatic heterocycles. The van der Waals surface area contributed by atoms with Crippen LogP contribution in [0.3, 0.4) is 0 Å². The molecule has 1 aliphatic rings. The molecule has 6 N–H and O–H groups in total. The fourth-order valence-corrected chi connectivity index (χ4v) is 7.34. The first-order chi connectivity index (χ1) is 30.9. The molecule has 17 heteroatoms. The number of ether oxygens (including phenoxy) is 2. The number of fused-ring (bicyclic) bond motifs is 1. The minimum absolute atomic E-state index is 0.0139. The van der Waals surface area contributed by atoms with Gasteiger partial charge in [0.05, 0.1) is 11.2 Å². The monoisotopic (exact) mass is 877 g/mol. The number of alkyl carbamates (subject to hydrolysis) is 1. The second kappa shape index (κ2) is 22.2. The number of carbonyl (C=O) groups is 5. The molecule has 0 bridgehead atoms. The molecule has 4 aromatic carbocycles. The van der Waals surface area contributed by atoms with Crippen LogP contribution in [0.4, 0.5) is 25.4 Å². The third-order valence-electron chi connectivity index (χ3n) is 10.9. The summed E-state index contributed by atoms with van der Waals surface area (Å²) in [5.41, 5.74) is 7.85. The summed E-state index contributed by atoms with van der Waals surface area (Å²) in [6.45, 7) is 3.57. The molecule has 0 unspecified atom stereocenters. The molecule has 2 heterocycles. The molecule has 0 spiro atoms. The molecule has 1 fully saturated rings. The van der Waals surface area contributed by atoms with Crippen molar-refractivity contribution in [1.29, 1.82) is 0 Å². The molecule has 1 saturated heterocycles. The number of nitrogens with one attached hydrogen (secondary N) is 3. The Labute approximate surface area is 369 Å². The zero-order valence-corrected chi connectivity index (χ0v) is 35.5. The predicted molar refractivity (Wildman–Crippen MR) is 238 cm³/mol.